The summed E-state index contributed by atoms with van der Waals surface area (Å²) in [6.07, 6.45) is 3.55. The van der Waals surface area contributed by atoms with E-state index in [2.05, 4.69) is 22.3 Å². The number of likely N-dealkylation sites (tertiary alicyclic amines) is 1. The first-order valence-electron chi connectivity index (χ1n) is 10.6. The minimum absolute atomic E-state index is 0.327. The van der Waals surface area contributed by atoms with Gasteiger partial charge in [-0.3, -0.25) is 14.0 Å². The van der Waals surface area contributed by atoms with Crippen LogP contribution in [-0.4, -0.2) is 59.3 Å². The number of amides is 1. The van der Waals surface area contributed by atoms with Crippen LogP contribution in [0.15, 0.2) is 42.5 Å². The van der Waals surface area contributed by atoms with Crippen LogP contribution in [0.3, 0.4) is 0 Å². The minimum atomic E-state index is -3.69. The lowest BCUT2D eigenvalue weighted by atomic mass is 10.1. The molecule has 3 rings (SSSR count). The Morgan fingerprint density at radius 2 is 1.72 bits per heavy atom. The second-order valence-corrected chi connectivity index (χ2v) is 9.80. The molecule has 0 radical (unpaired) electrons. The average Bonchev–Trinajstić information content (AvgIpc) is 3.28. The van der Waals surface area contributed by atoms with Gasteiger partial charge in [-0.25, -0.2) is 8.42 Å². The van der Waals surface area contributed by atoms with Gasteiger partial charge in [0.05, 0.1) is 26.2 Å². The second-order valence-electron chi connectivity index (χ2n) is 7.89. The highest BCUT2D eigenvalue weighted by atomic mass is 32.2. The van der Waals surface area contributed by atoms with E-state index in [1.165, 1.54) is 38.7 Å². The molecule has 0 saturated carbocycles. The van der Waals surface area contributed by atoms with Crippen molar-refractivity contribution in [3.05, 3.63) is 53.6 Å². The monoisotopic (exact) mass is 461 g/mol. The molecule has 0 aliphatic carbocycles. The van der Waals surface area contributed by atoms with E-state index < -0.39 is 15.9 Å². The highest BCUT2D eigenvalue weighted by Crippen LogP contribution is 2.32. The quantitative estimate of drug-likeness (QED) is 0.585. The maximum absolute atomic E-state index is 12.6. The van der Waals surface area contributed by atoms with Crippen molar-refractivity contribution in [1.82, 2.24) is 10.2 Å². The van der Waals surface area contributed by atoms with E-state index in [0.717, 1.165) is 35.8 Å². The van der Waals surface area contributed by atoms with Crippen LogP contribution in [0.1, 0.15) is 24.0 Å². The Kier molecular flexibility index (Phi) is 7.98. The van der Waals surface area contributed by atoms with Crippen LogP contribution in [-0.2, 0) is 27.9 Å². The molecule has 1 saturated heterocycles. The molecule has 1 aliphatic rings. The molecule has 174 valence electrons. The topological polar surface area (TPSA) is 88.2 Å². The Hall–Kier alpha value is -2.78. The number of carbonyl (C=O) groups excluding carboxylic acids is 1. The third-order valence-electron chi connectivity index (χ3n) is 5.43. The molecule has 0 bridgehead atoms. The number of methoxy groups -OCH3 is 2. The first-order chi connectivity index (χ1) is 15.3. The smallest absolute Gasteiger partial charge is 0.241 e. The molecule has 1 aliphatic heterocycles. The molecular weight excluding hydrogens is 430 g/mol. The maximum Gasteiger partial charge on any atom is 0.241 e. The Morgan fingerprint density at radius 3 is 2.38 bits per heavy atom. The lowest BCUT2D eigenvalue weighted by molar-refractivity contribution is -0.119. The largest absolute Gasteiger partial charge is 0.493 e. The molecule has 0 unspecified atom stereocenters. The summed E-state index contributed by atoms with van der Waals surface area (Å²) in [6.45, 7) is 3.15. The van der Waals surface area contributed by atoms with Crippen molar-refractivity contribution in [1.29, 1.82) is 0 Å². The number of ether oxygens (including phenoxy) is 2. The zero-order valence-electron chi connectivity index (χ0n) is 18.8. The fourth-order valence-electron chi connectivity index (χ4n) is 3.80. The fraction of sp³-hybridized carbons (Fsp3) is 0.435. The van der Waals surface area contributed by atoms with E-state index in [9.17, 15) is 13.2 Å². The molecule has 0 aromatic heterocycles. The summed E-state index contributed by atoms with van der Waals surface area (Å²) in [5.41, 5.74) is 2.52. The van der Waals surface area contributed by atoms with Gasteiger partial charge in [0.25, 0.3) is 0 Å². The first kappa shape index (κ1) is 23.9. The zero-order chi connectivity index (χ0) is 23.1. The molecule has 1 N–H and O–H groups in total. The molecule has 0 spiro atoms. The van der Waals surface area contributed by atoms with E-state index in [1.54, 1.807) is 12.1 Å². The summed E-state index contributed by atoms with van der Waals surface area (Å²) >= 11 is 0. The maximum atomic E-state index is 12.6. The number of sulfonamides is 1. The summed E-state index contributed by atoms with van der Waals surface area (Å²) in [5, 5.41) is 2.83. The highest BCUT2D eigenvalue weighted by Gasteiger charge is 2.22. The van der Waals surface area contributed by atoms with E-state index in [1.807, 2.05) is 12.1 Å². The lowest BCUT2D eigenvalue weighted by Gasteiger charge is -2.23. The van der Waals surface area contributed by atoms with Gasteiger partial charge in [-0.15, -0.1) is 0 Å². The standard InChI is InChI=1S/C23H31N3O5S/c1-30-21-10-9-20(14-22(21)31-2)26(32(3,28)29)17-23(27)24-15-18-7-6-8-19(13-18)16-25-11-4-5-12-25/h6-10,13-14H,4-5,11-12,15-17H2,1-3H3,(H,24,27). The molecule has 2 aromatic rings. The molecule has 1 heterocycles. The second kappa shape index (κ2) is 10.7. The molecule has 8 nitrogen and oxygen atoms in total. The van der Waals surface area contributed by atoms with Gasteiger partial charge >= 0.3 is 0 Å². The van der Waals surface area contributed by atoms with Crippen molar-refractivity contribution < 1.29 is 22.7 Å². The van der Waals surface area contributed by atoms with Crippen molar-refractivity contribution in [2.45, 2.75) is 25.9 Å². The summed E-state index contributed by atoms with van der Waals surface area (Å²) in [7, 11) is -0.721. The molecule has 1 amide bonds. The van der Waals surface area contributed by atoms with Gasteiger partial charge in [0.1, 0.15) is 6.54 Å². The van der Waals surface area contributed by atoms with Gasteiger partial charge in [-0.2, -0.15) is 0 Å². The van der Waals surface area contributed by atoms with E-state index >= 15 is 0 Å². The third kappa shape index (κ3) is 6.37. The number of anilines is 1. The number of nitrogens with one attached hydrogen (secondary N) is 1. The lowest BCUT2D eigenvalue weighted by Crippen LogP contribution is -2.40. The van der Waals surface area contributed by atoms with Crippen LogP contribution >= 0.6 is 0 Å². The summed E-state index contributed by atoms with van der Waals surface area (Å²) in [4.78, 5) is 15.0. The van der Waals surface area contributed by atoms with Crippen LogP contribution in [0, 0.1) is 0 Å². The summed E-state index contributed by atoms with van der Waals surface area (Å²) in [6, 6.07) is 12.8. The van der Waals surface area contributed by atoms with Crippen molar-refractivity contribution >= 4 is 21.6 Å². The molecule has 1 fully saturated rings. The third-order valence-corrected chi connectivity index (χ3v) is 6.57. The number of nitrogens with zero attached hydrogens (tertiary/aromatic N) is 2. The van der Waals surface area contributed by atoms with E-state index in [-0.39, 0.29) is 6.54 Å². The number of carbonyl (C=O) groups is 1. The van der Waals surface area contributed by atoms with Gasteiger partial charge in [0.15, 0.2) is 11.5 Å². The molecule has 9 heteroatoms. The van der Waals surface area contributed by atoms with Crippen molar-refractivity contribution in [3.63, 3.8) is 0 Å². The van der Waals surface area contributed by atoms with Crippen molar-refractivity contribution in [2.75, 3.05) is 44.4 Å². The van der Waals surface area contributed by atoms with Gasteiger partial charge in [-0.1, -0.05) is 24.3 Å². The van der Waals surface area contributed by atoms with Crippen LogP contribution in [0.4, 0.5) is 5.69 Å². The predicted octanol–water partition coefficient (Wildman–Crippen LogP) is 2.38. The van der Waals surface area contributed by atoms with Crippen LogP contribution in [0.2, 0.25) is 0 Å². The van der Waals surface area contributed by atoms with Gasteiger partial charge in [-0.05, 0) is 49.2 Å². The van der Waals surface area contributed by atoms with Gasteiger partial charge in [0.2, 0.25) is 15.9 Å². The first-order valence-corrected chi connectivity index (χ1v) is 12.4. The van der Waals surface area contributed by atoms with Gasteiger partial charge in [0, 0.05) is 19.2 Å². The average molecular weight is 462 g/mol. The Morgan fingerprint density at radius 1 is 1.03 bits per heavy atom. The normalized spacial score (nSPS) is 14.2. The Balaban J connectivity index is 1.65. The number of rotatable bonds is 10. The number of benzene rings is 2. The van der Waals surface area contributed by atoms with E-state index in [0.29, 0.717) is 23.7 Å². The molecule has 0 atom stereocenters. The van der Waals surface area contributed by atoms with Crippen LogP contribution in [0.25, 0.3) is 0 Å². The fourth-order valence-corrected chi connectivity index (χ4v) is 4.65. The Bertz CT molecular complexity index is 1040. The zero-order valence-corrected chi connectivity index (χ0v) is 19.7. The number of hydrogen-bond donors (Lipinski definition) is 1. The highest BCUT2D eigenvalue weighted by molar-refractivity contribution is 7.92. The van der Waals surface area contributed by atoms with Crippen LogP contribution in [0.5, 0.6) is 11.5 Å². The molecule has 32 heavy (non-hydrogen) atoms. The SMILES string of the molecule is COc1ccc(N(CC(=O)NCc2cccc(CN3CCCC3)c2)S(C)(=O)=O)cc1OC. The van der Waals surface area contributed by atoms with Gasteiger partial charge < -0.3 is 14.8 Å². The van der Waals surface area contributed by atoms with Crippen LogP contribution < -0.4 is 19.1 Å². The Labute approximate surface area is 190 Å². The van der Waals surface area contributed by atoms with E-state index in [4.69, 9.17) is 9.47 Å². The predicted molar refractivity (Wildman–Crippen MR) is 125 cm³/mol. The summed E-state index contributed by atoms with van der Waals surface area (Å²) < 4.78 is 36.3. The van der Waals surface area contributed by atoms with Crippen molar-refractivity contribution in [3.8, 4) is 11.5 Å². The number of hydrogen-bond acceptors (Lipinski definition) is 6. The minimum Gasteiger partial charge on any atom is -0.493 e. The summed E-state index contributed by atoms with van der Waals surface area (Å²) in [5.74, 6) is 0.465. The van der Waals surface area contributed by atoms with Crippen molar-refractivity contribution in [2.24, 2.45) is 0 Å². The molecule has 2 aromatic carbocycles. The molecular formula is C23H31N3O5S.